The zero-order valence-corrected chi connectivity index (χ0v) is 15.0. The molecule has 0 unspecified atom stereocenters. The monoisotopic (exact) mass is 319 g/mol. The van der Waals surface area contributed by atoms with Crippen LogP contribution in [0.15, 0.2) is 30.3 Å². The molecule has 0 aliphatic rings. The molecule has 5 heteroatoms. The summed E-state index contributed by atoms with van der Waals surface area (Å²) in [7, 11) is 1.90. The molecule has 0 aliphatic carbocycles. The molecule has 1 rings (SSSR count). The van der Waals surface area contributed by atoms with Crippen LogP contribution < -0.4 is 10.6 Å². The summed E-state index contributed by atoms with van der Waals surface area (Å²) in [6, 6.07) is 9.10. The van der Waals surface area contributed by atoms with Gasteiger partial charge in [-0.15, -0.1) is 0 Å². The number of carbonyl (C=O) groups excluding carboxylic acids is 2. The summed E-state index contributed by atoms with van der Waals surface area (Å²) in [6.07, 6.45) is 0. The Morgan fingerprint density at radius 2 is 1.65 bits per heavy atom. The summed E-state index contributed by atoms with van der Waals surface area (Å²) in [6.45, 7) is 9.95. The predicted octanol–water partition coefficient (Wildman–Crippen LogP) is 1.93. The number of nitrogens with one attached hydrogen (secondary N) is 2. The Labute approximate surface area is 139 Å². The maximum Gasteiger partial charge on any atom is 0.242 e. The van der Waals surface area contributed by atoms with Crippen LogP contribution in [0.25, 0.3) is 0 Å². The summed E-state index contributed by atoms with van der Waals surface area (Å²) in [5, 5.41) is 5.64. The topological polar surface area (TPSA) is 61.4 Å². The van der Waals surface area contributed by atoms with Gasteiger partial charge in [-0.2, -0.15) is 0 Å². The van der Waals surface area contributed by atoms with Crippen molar-refractivity contribution in [1.82, 2.24) is 15.5 Å². The van der Waals surface area contributed by atoms with E-state index in [0.717, 1.165) is 5.56 Å². The number of amides is 2. The molecule has 0 saturated carbocycles. The molecule has 1 aromatic carbocycles. The largest absolute Gasteiger partial charge is 0.350 e. The molecule has 0 saturated heterocycles. The van der Waals surface area contributed by atoms with Crippen molar-refractivity contribution in [1.29, 1.82) is 0 Å². The van der Waals surface area contributed by atoms with Crippen LogP contribution in [0.4, 0.5) is 0 Å². The molecule has 0 fully saturated rings. The van der Waals surface area contributed by atoms with Crippen molar-refractivity contribution in [3.8, 4) is 0 Å². The van der Waals surface area contributed by atoms with Crippen molar-refractivity contribution >= 4 is 11.8 Å². The lowest BCUT2D eigenvalue weighted by Gasteiger charge is -2.27. The van der Waals surface area contributed by atoms with Gasteiger partial charge in [-0.25, -0.2) is 0 Å². The van der Waals surface area contributed by atoms with Crippen LogP contribution in [0.5, 0.6) is 0 Å². The molecule has 2 amide bonds. The Morgan fingerprint density at radius 1 is 1.09 bits per heavy atom. The van der Waals surface area contributed by atoms with Gasteiger partial charge >= 0.3 is 0 Å². The van der Waals surface area contributed by atoms with Gasteiger partial charge in [0.25, 0.3) is 0 Å². The normalized spacial score (nSPS) is 14.2. The Bertz CT molecular complexity index is 523. The van der Waals surface area contributed by atoms with E-state index in [0.29, 0.717) is 6.54 Å². The second-order valence-electron chi connectivity index (χ2n) is 7.05. The summed E-state index contributed by atoms with van der Waals surface area (Å²) < 4.78 is 0. The van der Waals surface area contributed by atoms with Crippen molar-refractivity contribution < 1.29 is 9.59 Å². The minimum atomic E-state index is -0.561. The smallest absolute Gasteiger partial charge is 0.242 e. The lowest BCUT2D eigenvalue weighted by molar-refractivity contribution is -0.131. The predicted molar refractivity (Wildman–Crippen MR) is 92.9 cm³/mol. The molecule has 0 aliphatic heterocycles. The summed E-state index contributed by atoms with van der Waals surface area (Å²) >= 11 is 0. The molecule has 0 radical (unpaired) electrons. The average Bonchev–Trinajstić information content (AvgIpc) is 2.45. The molecule has 0 aromatic heterocycles. The van der Waals surface area contributed by atoms with Crippen LogP contribution in [0.1, 0.15) is 40.2 Å². The lowest BCUT2D eigenvalue weighted by atomic mass is 10.1. The highest BCUT2D eigenvalue weighted by atomic mass is 16.2. The molecule has 0 spiro atoms. The van der Waals surface area contributed by atoms with Gasteiger partial charge in [0.15, 0.2) is 0 Å². The van der Waals surface area contributed by atoms with Gasteiger partial charge < -0.3 is 10.6 Å². The molecular formula is C18H29N3O2. The zero-order valence-electron chi connectivity index (χ0n) is 15.0. The molecule has 2 atom stereocenters. The van der Waals surface area contributed by atoms with Crippen LogP contribution in [0, 0.1) is 0 Å². The highest BCUT2D eigenvalue weighted by Crippen LogP contribution is 2.06. The standard InChI is InChI=1S/C18H29N3O2/c1-13(16(22)20-18(3,4)5)19-17(23)14(2)21(6)12-15-10-8-7-9-11-15/h7-11,13-14H,12H2,1-6H3,(H,19,23)(H,20,22)/t13-,14-/m1/s1. The Morgan fingerprint density at radius 3 is 2.17 bits per heavy atom. The summed E-state index contributed by atoms with van der Waals surface area (Å²) in [5.41, 5.74) is 0.833. The fraction of sp³-hybridized carbons (Fsp3) is 0.556. The molecule has 23 heavy (non-hydrogen) atoms. The van der Waals surface area contributed by atoms with Gasteiger partial charge in [-0.3, -0.25) is 14.5 Å². The van der Waals surface area contributed by atoms with E-state index in [9.17, 15) is 9.59 Å². The van der Waals surface area contributed by atoms with Crippen LogP contribution in [-0.4, -0.2) is 41.4 Å². The van der Waals surface area contributed by atoms with Crippen molar-refractivity contribution in [2.75, 3.05) is 7.05 Å². The van der Waals surface area contributed by atoms with E-state index in [1.165, 1.54) is 0 Å². The number of nitrogens with zero attached hydrogens (tertiary/aromatic N) is 1. The van der Waals surface area contributed by atoms with Gasteiger partial charge in [0.2, 0.25) is 11.8 Å². The molecule has 2 N–H and O–H groups in total. The average molecular weight is 319 g/mol. The van der Waals surface area contributed by atoms with Crippen molar-refractivity contribution in [3.63, 3.8) is 0 Å². The Hall–Kier alpha value is -1.88. The number of likely N-dealkylation sites (N-methyl/N-ethyl adjacent to an activating group) is 1. The first-order valence-corrected chi connectivity index (χ1v) is 7.96. The van der Waals surface area contributed by atoms with Crippen molar-refractivity contribution in [3.05, 3.63) is 35.9 Å². The molecule has 5 nitrogen and oxygen atoms in total. The minimum Gasteiger partial charge on any atom is -0.350 e. The molecular weight excluding hydrogens is 290 g/mol. The number of hydrogen-bond acceptors (Lipinski definition) is 3. The second kappa shape index (κ2) is 8.11. The molecule has 128 valence electrons. The third-order valence-electron chi connectivity index (χ3n) is 3.57. The van der Waals surface area contributed by atoms with E-state index in [2.05, 4.69) is 10.6 Å². The number of rotatable bonds is 6. The van der Waals surface area contributed by atoms with Crippen LogP contribution in [-0.2, 0) is 16.1 Å². The third kappa shape index (κ3) is 6.82. The number of hydrogen-bond donors (Lipinski definition) is 2. The first-order valence-electron chi connectivity index (χ1n) is 7.96. The fourth-order valence-electron chi connectivity index (χ4n) is 2.09. The first-order chi connectivity index (χ1) is 10.6. The van der Waals surface area contributed by atoms with Crippen molar-refractivity contribution in [2.24, 2.45) is 0 Å². The maximum atomic E-state index is 12.3. The van der Waals surface area contributed by atoms with E-state index < -0.39 is 6.04 Å². The summed E-state index contributed by atoms with van der Waals surface area (Å²) in [4.78, 5) is 26.3. The Balaban J connectivity index is 2.54. The van der Waals surface area contributed by atoms with Gasteiger partial charge in [-0.05, 0) is 47.2 Å². The van der Waals surface area contributed by atoms with E-state index in [4.69, 9.17) is 0 Å². The third-order valence-corrected chi connectivity index (χ3v) is 3.57. The van der Waals surface area contributed by atoms with Gasteiger partial charge in [0, 0.05) is 12.1 Å². The highest BCUT2D eigenvalue weighted by Gasteiger charge is 2.24. The Kier molecular flexibility index (Phi) is 6.76. The minimum absolute atomic E-state index is 0.153. The lowest BCUT2D eigenvalue weighted by Crippen LogP contribution is -2.53. The van der Waals surface area contributed by atoms with Crippen LogP contribution in [0.2, 0.25) is 0 Å². The van der Waals surface area contributed by atoms with Crippen molar-refractivity contribution in [2.45, 2.75) is 58.8 Å². The fourth-order valence-corrected chi connectivity index (χ4v) is 2.09. The maximum absolute atomic E-state index is 12.3. The second-order valence-corrected chi connectivity index (χ2v) is 7.05. The number of carbonyl (C=O) groups is 2. The van der Waals surface area contributed by atoms with E-state index >= 15 is 0 Å². The van der Waals surface area contributed by atoms with Crippen LogP contribution in [0.3, 0.4) is 0 Å². The van der Waals surface area contributed by atoms with E-state index in [1.54, 1.807) is 6.92 Å². The highest BCUT2D eigenvalue weighted by molar-refractivity contribution is 5.89. The zero-order chi connectivity index (χ0) is 17.6. The molecule has 0 bridgehead atoms. The van der Waals surface area contributed by atoms with Gasteiger partial charge in [0.1, 0.15) is 6.04 Å². The quantitative estimate of drug-likeness (QED) is 0.842. The molecule has 1 aromatic rings. The summed E-state index contributed by atoms with van der Waals surface area (Å²) in [5.74, 6) is -0.330. The first kappa shape index (κ1) is 19.2. The molecule has 0 heterocycles. The SMILES string of the molecule is C[C@H](C(=O)N[C@H](C)C(=O)NC(C)(C)C)N(C)Cc1ccccc1. The van der Waals surface area contributed by atoms with Gasteiger partial charge in [-0.1, -0.05) is 30.3 Å². The van der Waals surface area contributed by atoms with E-state index in [-0.39, 0.29) is 23.4 Å². The number of benzene rings is 1. The van der Waals surface area contributed by atoms with Crippen LogP contribution >= 0.6 is 0 Å². The van der Waals surface area contributed by atoms with Gasteiger partial charge in [0.05, 0.1) is 6.04 Å². The van der Waals surface area contributed by atoms with E-state index in [1.807, 2.05) is 70.0 Å².